The third-order valence-electron chi connectivity index (χ3n) is 1.56. The SMILES string of the molecule is CNS(=O)(=O)c1sc(Cl)cc1C(C)=O. The lowest BCUT2D eigenvalue weighted by molar-refractivity contribution is 0.101. The number of hydrogen-bond donors (Lipinski definition) is 1. The number of carbonyl (C=O) groups is 1. The lowest BCUT2D eigenvalue weighted by Gasteiger charge is -2.00. The standard InChI is InChI=1S/C7H8ClNO3S2/c1-4(10)5-3-6(8)13-7(5)14(11,12)9-2/h3,9H,1-2H3. The number of rotatable bonds is 3. The van der Waals surface area contributed by atoms with Crippen LogP contribution in [0.3, 0.4) is 0 Å². The summed E-state index contributed by atoms with van der Waals surface area (Å²) in [7, 11) is -2.31. The third-order valence-corrected chi connectivity index (χ3v) is 4.77. The summed E-state index contributed by atoms with van der Waals surface area (Å²) in [5, 5.41) is 0. The van der Waals surface area contributed by atoms with Gasteiger partial charge in [0, 0.05) is 5.56 Å². The predicted octanol–water partition coefficient (Wildman–Crippen LogP) is 1.51. The second-order valence-electron chi connectivity index (χ2n) is 2.52. The van der Waals surface area contributed by atoms with Gasteiger partial charge in [-0.05, 0) is 20.0 Å². The monoisotopic (exact) mass is 253 g/mol. The van der Waals surface area contributed by atoms with E-state index in [-0.39, 0.29) is 19.9 Å². The van der Waals surface area contributed by atoms with E-state index < -0.39 is 10.0 Å². The van der Waals surface area contributed by atoms with Crippen LogP contribution in [0.2, 0.25) is 4.34 Å². The molecule has 0 bridgehead atoms. The lowest BCUT2D eigenvalue weighted by atomic mass is 10.2. The van der Waals surface area contributed by atoms with Crippen LogP contribution >= 0.6 is 22.9 Å². The highest BCUT2D eigenvalue weighted by molar-refractivity contribution is 7.91. The molecule has 1 aromatic heterocycles. The fourth-order valence-corrected chi connectivity index (χ4v) is 3.66. The van der Waals surface area contributed by atoms with Crippen molar-refractivity contribution in [2.24, 2.45) is 0 Å². The van der Waals surface area contributed by atoms with Gasteiger partial charge in [0.1, 0.15) is 4.21 Å². The maximum absolute atomic E-state index is 11.4. The molecule has 4 nitrogen and oxygen atoms in total. The van der Waals surface area contributed by atoms with Crippen molar-refractivity contribution in [3.63, 3.8) is 0 Å². The minimum Gasteiger partial charge on any atom is -0.294 e. The van der Waals surface area contributed by atoms with Gasteiger partial charge < -0.3 is 0 Å². The van der Waals surface area contributed by atoms with Gasteiger partial charge in [0.15, 0.2) is 5.78 Å². The lowest BCUT2D eigenvalue weighted by Crippen LogP contribution is -2.19. The Kier molecular flexibility index (Phi) is 3.31. The smallest absolute Gasteiger partial charge is 0.250 e. The van der Waals surface area contributed by atoms with Crippen LogP contribution in [-0.2, 0) is 10.0 Å². The summed E-state index contributed by atoms with van der Waals surface area (Å²) in [6.07, 6.45) is 0. The van der Waals surface area contributed by atoms with Crippen LogP contribution in [0.5, 0.6) is 0 Å². The van der Waals surface area contributed by atoms with Crippen molar-refractivity contribution in [2.75, 3.05) is 7.05 Å². The molecule has 0 saturated heterocycles. The van der Waals surface area contributed by atoms with E-state index in [1.54, 1.807) is 0 Å². The van der Waals surface area contributed by atoms with Gasteiger partial charge in [0.2, 0.25) is 0 Å². The van der Waals surface area contributed by atoms with Crippen LogP contribution in [0.25, 0.3) is 0 Å². The highest BCUT2D eigenvalue weighted by Crippen LogP contribution is 2.30. The Labute approximate surface area is 90.9 Å². The van der Waals surface area contributed by atoms with E-state index in [1.807, 2.05) is 0 Å². The van der Waals surface area contributed by atoms with Crippen LogP contribution in [0.1, 0.15) is 17.3 Å². The molecule has 0 spiro atoms. The summed E-state index contributed by atoms with van der Waals surface area (Å²) in [6, 6.07) is 1.36. The first-order valence-electron chi connectivity index (χ1n) is 3.62. The van der Waals surface area contributed by atoms with Crippen molar-refractivity contribution in [2.45, 2.75) is 11.1 Å². The molecule has 0 aliphatic carbocycles. The Balaban J connectivity index is 3.42. The second-order valence-corrected chi connectivity index (χ2v) is 6.28. The summed E-state index contributed by atoms with van der Waals surface area (Å²) in [5.74, 6) is -0.318. The van der Waals surface area contributed by atoms with E-state index >= 15 is 0 Å². The number of Topliss-reactive ketones (excluding diaryl/α,β-unsaturated/α-hetero) is 1. The summed E-state index contributed by atoms with van der Waals surface area (Å²) in [4.78, 5) is 11.1. The van der Waals surface area contributed by atoms with E-state index in [1.165, 1.54) is 20.0 Å². The average Bonchev–Trinajstić information content (AvgIpc) is 2.48. The van der Waals surface area contributed by atoms with Crippen molar-refractivity contribution < 1.29 is 13.2 Å². The van der Waals surface area contributed by atoms with E-state index in [2.05, 4.69) is 4.72 Å². The van der Waals surface area contributed by atoms with Gasteiger partial charge in [-0.2, -0.15) is 0 Å². The topological polar surface area (TPSA) is 63.2 Å². The van der Waals surface area contributed by atoms with E-state index in [9.17, 15) is 13.2 Å². The van der Waals surface area contributed by atoms with Crippen LogP contribution in [0.4, 0.5) is 0 Å². The molecule has 0 fully saturated rings. The van der Waals surface area contributed by atoms with E-state index in [0.29, 0.717) is 0 Å². The summed E-state index contributed by atoms with van der Waals surface area (Å²) >= 11 is 6.52. The van der Waals surface area contributed by atoms with Crippen molar-refractivity contribution in [3.05, 3.63) is 16.0 Å². The second kappa shape index (κ2) is 3.98. The highest BCUT2D eigenvalue weighted by Gasteiger charge is 2.22. The van der Waals surface area contributed by atoms with Crippen LogP contribution < -0.4 is 4.72 Å². The normalized spacial score (nSPS) is 11.6. The zero-order chi connectivity index (χ0) is 10.9. The van der Waals surface area contributed by atoms with Gasteiger partial charge in [0.05, 0.1) is 4.34 Å². The molecule has 0 unspecified atom stereocenters. The van der Waals surface area contributed by atoms with E-state index in [4.69, 9.17) is 11.6 Å². The number of halogens is 1. The fraction of sp³-hybridized carbons (Fsp3) is 0.286. The average molecular weight is 254 g/mol. The maximum Gasteiger partial charge on any atom is 0.250 e. The van der Waals surface area contributed by atoms with Crippen LogP contribution in [0.15, 0.2) is 10.3 Å². The highest BCUT2D eigenvalue weighted by atomic mass is 35.5. The van der Waals surface area contributed by atoms with Gasteiger partial charge in [-0.15, -0.1) is 11.3 Å². The summed E-state index contributed by atoms with van der Waals surface area (Å²) in [6.45, 7) is 1.30. The first-order valence-corrected chi connectivity index (χ1v) is 6.30. The van der Waals surface area contributed by atoms with Crippen LogP contribution in [-0.4, -0.2) is 21.2 Å². The Hall–Kier alpha value is -0.430. The first kappa shape index (κ1) is 11.6. The molecule has 1 aromatic rings. The number of carbonyl (C=O) groups excluding carboxylic acids is 1. The molecule has 0 aromatic carbocycles. The molecule has 78 valence electrons. The minimum atomic E-state index is -3.59. The fourth-order valence-electron chi connectivity index (χ4n) is 0.883. The Bertz CT molecular complexity index is 463. The zero-order valence-corrected chi connectivity index (χ0v) is 9.89. The number of thiophene rings is 1. The van der Waals surface area contributed by atoms with E-state index in [0.717, 1.165) is 11.3 Å². The maximum atomic E-state index is 11.4. The van der Waals surface area contributed by atoms with Gasteiger partial charge >= 0.3 is 0 Å². The molecule has 14 heavy (non-hydrogen) atoms. The molecule has 0 aliphatic rings. The Morgan fingerprint density at radius 3 is 2.57 bits per heavy atom. The quantitative estimate of drug-likeness (QED) is 0.831. The molecule has 0 aliphatic heterocycles. The molecule has 7 heteroatoms. The van der Waals surface area contributed by atoms with Crippen molar-refractivity contribution in [3.8, 4) is 0 Å². The van der Waals surface area contributed by atoms with Gasteiger partial charge in [-0.3, -0.25) is 4.79 Å². The predicted molar refractivity (Wildman–Crippen MR) is 55.6 cm³/mol. The Morgan fingerprint density at radius 2 is 2.14 bits per heavy atom. The van der Waals surface area contributed by atoms with Crippen LogP contribution in [0, 0.1) is 0 Å². The van der Waals surface area contributed by atoms with Gasteiger partial charge in [-0.25, -0.2) is 13.1 Å². The molecule has 1 heterocycles. The van der Waals surface area contributed by atoms with Crippen molar-refractivity contribution in [1.29, 1.82) is 0 Å². The largest absolute Gasteiger partial charge is 0.294 e. The molecule has 0 amide bonds. The number of hydrogen-bond acceptors (Lipinski definition) is 4. The Morgan fingerprint density at radius 1 is 1.57 bits per heavy atom. The van der Waals surface area contributed by atoms with Gasteiger partial charge in [-0.1, -0.05) is 11.6 Å². The van der Waals surface area contributed by atoms with Gasteiger partial charge in [0.25, 0.3) is 10.0 Å². The first-order chi connectivity index (χ1) is 6.38. The third kappa shape index (κ3) is 2.14. The molecule has 1 N–H and O–H groups in total. The molecular formula is C7H8ClNO3S2. The van der Waals surface area contributed by atoms with Crippen molar-refractivity contribution >= 4 is 38.7 Å². The molecule has 1 rings (SSSR count). The van der Waals surface area contributed by atoms with Crippen molar-refractivity contribution in [1.82, 2.24) is 4.72 Å². The zero-order valence-electron chi connectivity index (χ0n) is 7.50. The molecular weight excluding hydrogens is 246 g/mol. The number of ketones is 1. The minimum absolute atomic E-state index is 0.0301. The number of sulfonamides is 1. The summed E-state index contributed by atoms with van der Waals surface area (Å²) in [5.41, 5.74) is 0.134. The molecule has 0 atom stereocenters. The number of nitrogens with one attached hydrogen (secondary N) is 1. The summed E-state index contributed by atoms with van der Waals surface area (Å²) < 4.78 is 25.2. The molecule has 0 radical (unpaired) electrons. The molecule has 0 saturated carbocycles.